The van der Waals surface area contributed by atoms with Crippen LogP contribution in [0.15, 0.2) is 83.8 Å². The van der Waals surface area contributed by atoms with Gasteiger partial charge in [-0.1, -0.05) is 42.5 Å². The van der Waals surface area contributed by atoms with Crippen LogP contribution in [0.4, 0.5) is 0 Å². The molecule has 0 atom stereocenters. The van der Waals surface area contributed by atoms with Gasteiger partial charge in [-0.25, -0.2) is 4.79 Å². The number of aromatic carboxylic acids is 1. The quantitative estimate of drug-likeness (QED) is 0.390. The third-order valence-electron chi connectivity index (χ3n) is 5.85. The Labute approximate surface area is 202 Å². The van der Waals surface area contributed by atoms with Crippen molar-refractivity contribution in [3.8, 4) is 28.3 Å². The second-order valence-electron chi connectivity index (χ2n) is 7.96. The highest BCUT2D eigenvalue weighted by Gasteiger charge is 2.15. The third-order valence-corrected chi connectivity index (χ3v) is 5.85. The van der Waals surface area contributed by atoms with Crippen molar-refractivity contribution in [2.75, 3.05) is 7.11 Å². The zero-order chi connectivity index (χ0) is 24.9. The number of carboxylic acids is 1. The summed E-state index contributed by atoms with van der Waals surface area (Å²) in [6.45, 7) is 1.52. The molecule has 1 aromatic heterocycles. The Hall–Kier alpha value is -4.36. The second kappa shape index (κ2) is 10.3. The van der Waals surface area contributed by atoms with E-state index in [0.717, 1.165) is 16.9 Å². The highest BCUT2D eigenvalue weighted by Crippen LogP contribution is 2.26. The molecule has 0 aliphatic rings. The van der Waals surface area contributed by atoms with Crippen LogP contribution in [0.2, 0.25) is 0 Å². The maximum atomic E-state index is 12.9. The molecule has 0 amide bonds. The number of hydrogen-bond acceptors (Lipinski definition) is 5. The predicted octanol–water partition coefficient (Wildman–Crippen LogP) is 4.59. The summed E-state index contributed by atoms with van der Waals surface area (Å²) in [5.74, 6) is -0.105. The van der Waals surface area contributed by atoms with Crippen LogP contribution in [0.5, 0.6) is 11.5 Å². The number of methoxy groups -OCH3 is 1. The van der Waals surface area contributed by atoms with Gasteiger partial charge in [-0.05, 0) is 53.9 Å². The maximum absolute atomic E-state index is 12.9. The van der Waals surface area contributed by atoms with Gasteiger partial charge in [-0.3, -0.25) is 4.79 Å². The number of aliphatic hydroxyl groups is 1. The highest BCUT2D eigenvalue weighted by atomic mass is 16.5. The van der Waals surface area contributed by atoms with Gasteiger partial charge in [0.2, 0.25) is 5.43 Å². The van der Waals surface area contributed by atoms with Gasteiger partial charge in [0, 0.05) is 11.3 Å². The SMILES string of the molecule is COc1ccc(COc2cn(-c3ccc(-c4ccccc4C(=O)O)cc3)c(CO)c(C)c2=O)cc1. The molecule has 4 rings (SSSR count). The van der Waals surface area contributed by atoms with E-state index in [2.05, 4.69) is 0 Å². The molecule has 1 heterocycles. The Balaban J connectivity index is 1.68. The van der Waals surface area contributed by atoms with E-state index in [9.17, 15) is 19.8 Å². The molecule has 0 unspecified atom stereocenters. The second-order valence-corrected chi connectivity index (χ2v) is 7.96. The molecule has 0 fully saturated rings. The van der Waals surface area contributed by atoms with Crippen molar-refractivity contribution in [1.82, 2.24) is 4.57 Å². The standard InChI is InChI=1S/C28H25NO6/c1-18-25(16-30)29(15-26(27(18)31)35-17-19-7-13-22(34-2)14-8-19)21-11-9-20(10-12-21)23-5-3-4-6-24(23)28(32)33/h3-15,30H,16-17H2,1-2H3,(H,32,33). The predicted molar refractivity (Wildman–Crippen MR) is 132 cm³/mol. The molecule has 0 aliphatic heterocycles. The molecule has 7 nitrogen and oxygen atoms in total. The molecule has 2 N–H and O–H groups in total. The van der Waals surface area contributed by atoms with Crippen LogP contribution in [-0.4, -0.2) is 27.9 Å². The number of aliphatic hydroxyl groups excluding tert-OH is 1. The number of carboxylic acid groups (broad SMARTS) is 1. The first-order chi connectivity index (χ1) is 16.9. The lowest BCUT2D eigenvalue weighted by Crippen LogP contribution is -2.19. The smallest absolute Gasteiger partial charge is 0.336 e. The summed E-state index contributed by atoms with van der Waals surface area (Å²) in [5, 5.41) is 19.5. The normalized spacial score (nSPS) is 10.7. The van der Waals surface area contributed by atoms with E-state index in [1.807, 2.05) is 48.5 Å². The Kier molecular flexibility index (Phi) is 6.98. The van der Waals surface area contributed by atoms with E-state index in [-0.39, 0.29) is 30.0 Å². The van der Waals surface area contributed by atoms with Crippen molar-refractivity contribution >= 4 is 5.97 Å². The molecular weight excluding hydrogens is 446 g/mol. The fourth-order valence-electron chi connectivity index (χ4n) is 3.88. The van der Waals surface area contributed by atoms with Gasteiger partial charge >= 0.3 is 5.97 Å². The zero-order valence-corrected chi connectivity index (χ0v) is 19.4. The summed E-state index contributed by atoms with van der Waals surface area (Å²) in [5.41, 5.74) is 3.69. The van der Waals surface area contributed by atoms with E-state index in [4.69, 9.17) is 9.47 Å². The largest absolute Gasteiger partial charge is 0.497 e. The highest BCUT2D eigenvalue weighted by molar-refractivity contribution is 5.96. The minimum absolute atomic E-state index is 0.163. The van der Waals surface area contributed by atoms with Crippen LogP contribution in [0, 0.1) is 6.92 Å². The van der Waals surface area contributed by atoms with Crippen molar-refractivity contribution in [1.29, 1.82) is 0 Å². The number of ether oxygens (including phenoxy) is 2. The molecule has 0 spiro atoms. The number of pyridine rings is 1. The number of aromatic nitrogens is 1. The molecule has 178 valence electrons. The van der Waals surface area contributed by atoms with Crippen LogP contribution in [-0.2, 0) is 13.2 Å². The van der Waals surface area contributed by atoms with Crippen LogP contribution < -0.4 is 14.9 Å². The first kappa shape index (κ1) is 23.8. The summed E-state index contributed by atoms with van der Waals surface area (Å²) in [4.78, 5) is 24.5. The van der Waals surface area contributed by atoms with E-state index in [1.165, 1.54) is 0 Å². The molecule has 7 heteroatoms. The average Bonchev–Trinajstić information content (AvgIpc) is 2.89. The van der Waals surface area contributed by atoms with Gasteiger partial charge < -0.3 is 24.3 Å². The molecular formula is C28H25NO6. The van der Waals surface area contributed by atoms with Crippen molar-refractivity contribution in [2.45, 2.75) is 20.1 Å². The van der Waals surface area contributed by atoms with Crippen molar-refractivity contribution in [2.24, 2.45) is 0 Å². The first-order valence-electron chi connectivity index (χ1n) is 11.0. The first-order valence-corrected chi connectivity index (χ1v) is 11.0. The van der Waals surface area contributed by atoms with Gasteiger partial charge in [0.15, 0.2) is 5.75 Å². The molecule has 0 saturated carbocycles. The lowest BCUT2D eigenvalue weighted by molar-refractivity contribution is 0.0697. The van der Waals surface area contributed by atoms with Gasteiger partial charge in [-0.15, -0.1) is 0 Å². The van der Waals surface area contributed by atoms with Crippen LogP contribution in [0.3, 0.4) is 0 Å². The van der Waals surface area contributed by atoms with Gasteiger partial charge in [0.1, 0.15) is 12.4 Å². The Bertz CT molecular complexity index is 1410. The molecule has 4 aromatic rings. The summed E-state index contributed by atoms with van der Waals surface area (Å²) >= 11 is 0. The minimum atomic E-state index is -0.998. The van der Waals surface area contributed by atoms with Crippen LogP contribution in [0.1, 0.15) is 27.2 Å². The number of carbonyl (C=O) groups is 1. The molecule has 0 radical (unpaired) electrons. The minimum Gasteiger partial charge on any atom is -0.497 e. The zero-order valence-electron chi connectivity index (χ0n) is 19.4. The van der Waals surface area contributed by atoms with E-state index >= 15 is 0 Å². The average molecular weight is 472 g/mol. The lowest BCUT2D eigenvalue weighted by atomic mass is 9.99. The number of hydrogen-bond donors (Lipinski definition) is 2. The van der Waals surface area contributed by atoms with Gasteiger partial charge in [-0.2, -0.15) is 0 Å². The number of rotatable bonds is 8. The van der Waals surface area contributed by atoms with Crippen molar-refractivity contribution < 1.29 is 24.5 Å². The summed E-state index contributed by atoms with van der Waals surface area (Å²) in [7, 11) is 1.59. The number of benzene rings is 3. The van der Waals surface area contributed by atoms with Crippen LogP contribution >= 0.6 is 0 Å². The molecule has 0 aliphatic carbocycles. The summed E-state index contributed by atoms with van der Waals surface area (Å²) < 4.78 is 12.7. The van der Waals surface area contributed by atoms with Crippen molar-refractivity contribution in [3.05, 3.63) is 112 Å². The molecule has 0 bridgehead atoms. The maximum Gasteiger partial charge on any atom is 0.336 e. The Morgan fingerprint density at radius 1 is 0.971 bits per heavy atom. The molecule has 35 heavy (non-hydrogen) atoms. The van der Waals surface area contributed by atoms with Crippen LogP contribution in [0.25, 0.3) is 16.8 Å². The fourth-order valence-corrected chi connectivity index (χ4v) is 3.88. The Morgan fingerprint density at radius 3 is 2.29 bits per heavy atom. The van der Waals surface area contributed by atoms with Gasteiger partial charge in [0.25, 0.3) is 0 Å². The Morgan fingerprint density at radius 2 is 1.66 bits per heavy atom. The molecule has 3 aromatic carbocycles. The van der Waals surface area contributed by atoms with Gasteiger partial charge in [0.05, 0.1) is 31.2 Å². The lowest BCUT2D eigenvalue weighted by Gasteiger charge is -2.17. The molecule has 0 saturated heterocycles. The summed E-state index contributed by atoms with van der Waals surface area (Å²) in [6, 6.07) is 21.4. The van der Waals surface area contributed by atoms with E-state index in [1.54, 1.807) is 49.1 Å². The topological polar surface area (TPSA) is 98.0 Å². The monoisotopic (exact) mass is 471 g/mol. The van der Waals surface area contributed by atoms with E-state index < -0.39 is 5.97 Å². The number of nitrogens with zero attached hydrogens (tertiary/aromatic N) is 1. The van der Waals surface area contributed by atoms with E-state index in [0.29, 0.717) is 22.5 Å². The van der Waals surface area contributed by atoms with Crippen molar-refractivity contribution in [3.63, 3.8) is 0 Å². The fraction of sp³-hybridized carbons (Fsp3) is 0.143. The summed E-state index contributed by atoms with van der Waals surface area (Å²) in [6.07, 6.45) is 1.57. The third kappa shape index (κ3) is 4.95.